The van der Waals surface area contributed by atoms with Crippen molar-refractivity contribution in [1.82, 2.24) is 30.7 Å². The first-order valence-electron chi connectivity index (χ1n) is 28.5. The fourth-order valence-electron chi connectivity index (χ4n) is 9.16. The van der Waals surface area contributed by atoms with Gasteiger partial charge in [0.25, 0.3) is 5.91 Å². The first-order chi connectivity index (χ1) is 38.4. The number of aliphatic hydroxyl groups excluding tert-OH is 1. The summed E-state index contributed by atoms with van der Waals surface area (Å²) in [5.41, 5.74) is 0.746. The van der Waals surface area contributed by atoms with Gasteiger partial charge >= 0.3 is 23.9 Å². The molecule has 1 saturated heterocycles. The van der Waals surface area contributed by atoms with Gasteiger partial charge in [0.05, 0.1) is 31.2 Å². The van der Waals surface area contributed by atoms with Gasteiger partial charge in [-0.05, 0) is 94.5 Å². The number of benzene rings is 1. The number of carbonyl (C=O) groups excluding carboxylic acids is 8. The Kier molecular flexibility index (Phi) is 30.9. The minimum absolute atomic E-state index is 0.000588. The van der Waals surface area contributed by atoms with E-state index >= 15 is 4.79 Å². The molecule has 2 aromatic rings. The maximum absolute atomic E-state index is 15.0. The highest BCUT2D eigenvalue weighted by atomic mass is 32.1. The van der Waals surface area contributed by atoms with Crippen molar-refractivity contribution in [2.75, 3.05) is 47.2 Å². The van der Waals surface area contributed by atoms with Crippen LogP contribution in [0.2, 0.25) is 0 Å². The number of phenols is 1. The monoisotopic (exact) mass is 1160 g/mol. The third-order valence-electron chi connectivity index (χ3n) is 14.2. The number of thiazole rings is 1. The first kappa shape index (κ1) is 69.5. The number of aromatic hydroxyl groups is 1. The van der Waals surface area contributed by atoms with Crippen molar-refractivity contribution < 1.29 is 77.0 Å². The van der Waals surface area contributed by atoms with Crippen LogP contribution >= 0.6 is 11.3 Å². The molecule has 3 rings (SSSR count). The molecule has 0 bridgehead atoms. The van der Waals surface area contributed by atoms with Crippen molar-refractivity contribution in [2.24, 2.45) is 23.7 Å². The molecule has 1 aromatic carbocycles. The van der Waals surface area contributed by atoms with Gasteiger partial charge in [0, 0.05) is 57.2 Å². The minimum atomic E-state index is -1.07. The number of likely N-dealkylation sites (N-methyl/N-ethyl adjacent to an activating group) is 1. The van der Waals surface area contributed by atoms with E-state index in [4.69, 9.17) is 28.4 Å². The molecule has 1 aliphatic rings. The van der Waals surface area contributed by atoms with Crippen LogP contribution in [0.5, 0.6) is 5.75 Å². The summed E-state index contributed by atoms with van der Waals surface area (Å²) in [5, 5.41) is 29.9. The number of aliphatic hydroxyl groups is 1. The first-order valence-corrected chi connectivity index (χ1v) is 29.4. The van der Waals surface area contributed by atoms with Gasteiger partial charge in [-0.25, -0.2) is 4.98 Å². The van der Waals surface area contributed by atoms with Crippen LogP contribution in [0.4, 0.5) is 0 Å². The van der Waals surface area contributed by atoms with E-state index < -0.39 is 97.1 Å². The maximum Gasteiger partial charge on any atom is 0.309 e. The lowest BCUT2D eigenvalue weighted by Crippen LogP contribution is -2.59. The summed E-state index contributed by atoms with van der Waals surface area (Å²) in [4.78, 5) is 115. The molecule has 1 fully saturated rings. The number of methoxy groups -OCH3 is 1. The molecule has 81 heavy (non-hydrogen) atoms. The predicted octanol–water partition coefficient (Wildman–Crippen LogP) is 6.15. The largest absolute Gasteiger partial charge is 0.508 e. The van der Waals surface area contributed by atoms with Gasteiger partial charge in [-0.2, -0.15) is 0 Å². The molecular formula is C58H92N6O16S. The summed E-state index contributed by atoms with van der Waals surface area (Å²) in [6.07, 6.45) is 1.13. The lowest BCUT2D eigenvalue weighted by Gasteiger charge is -2.39. The van der Waals surface area contributed by atoms with Crippen LogP contribution in [0.25, 0.3) is 0 Å². The number of hydrogen-bond acceptors (Lipinski definition) is 19. The van der Waals surface area contributed by atoms with Gasteiger partial charge in [-0.15, -0.1) is 11.3 Å². The SMILES string of the molecule is CCC(CO)OC(COC(=O)CCCC(=O)NCC(C)OC(=O)[C@@H](C)C[C@H](Cc1ccc(O)cc1)NC(=O)c1csc([C@@H](C[C@H](C(C)C)N(COC(=O)CC(C)C)C(=O)[C@@H](NC(=O)[C@H]2CCCCN2C)[C@@H](C)CC)OC(C)=O)n1)OC. The molecule has 3 unspecified atom stereocenters. The van der Waals surface area contributed by atoms with E-state index in [1.807, 2.05) is 60.4 Å². The molecule has 10 atom stereocenters. The number of nitrogens with one attached hydrogen (secondary N) is 3. The van der Waals surface area contributed by atoms with Crippen molar-refractivity contribution in [2.45, 2.75) is 195 Å². The van der Waals surface area contributed by atoms with Gasteiger partial charge in [0.1, 0.15) is 35.2 Å². The second kappa shape index (κ2) is 36.0. The third kappa shape index (κ3) is 24.7. The number of aromatic nitrogens is 1. The van der Waals surface area contributed by atoms with Crippen LogP contribution < -0.4 is 16.0 Å². The van der Waals surface area contributed by atoms with Gasteiger partial charge in [-0.1, -0.05) is 80.4 Å². The Morgan fingerprint density at radius 1 is 0.889 bits per heavy atom. The van der Waals surface area contributed by atoms with Crippen LogP contribution in [-0.2, 0) is 68.4 Å². The Morgan fingerprint density at radius 2 is 1.59 bits per heavy atom. The number of ether oxygens (including phenoxy) is 6. The van der Waals surface area contributed by atoms with E-state index in [0.29, 0.717) is 19.3 Å². The maximum atomic E-state index is 15.0. The topological polar surface area (TPSA) is 288 Å². The fourth-order valence-corrected chi connectivity index (χ4v) is 10.00. The number of hydrogen-bond donors (Lipinski definition) is 5. The summed E-state index contributed by atoms with van der Waals surface area (Å²) in [6, 6.07) is 3.64. The van der Waals surface area contributed by atoms with Crippen molar-refractivity contribution >= 4 is 58.8 Å². The van der Waals surface area contributed by atoms with Crippen LogP contribution in [0, 0.1) is 23.7 Å². The molecule has 0 saturated carbocycles. The standard InChI is InChI=1S/C58H92N6O16S/c1-13-37(7)53(62-55(72)46-18-15-16-25-63(46)11)57(73)64(34-77-51(70)26-35(3)4)47(36(5)6)29-48(79-40(10)66)56-61-45(33-81-56)54(71)60-42(28-41-21-23-43(67)24-22-41)27-38(8)58(74)78-39(9)30-59-49(68)19-17-20-50(69)76-32-52(75-12)80-44(14-2)31-65/h21-24,33,35-39,42,44,46-48,52-53,65,67H,13-20,25-32,34H2,1-12H3,(H,59,68)(H,60,71)(H,62,72)/t37-,38-,39?,42+,44?,46+,47+,48+,52?,53-/m0/s1. The van der Waals surface area contributed by atoms with Gasteiger partial charge in [0.2, 0.25) is 17.7 Å². The van der Waals surface area contributed by atoms with E-state index in [2.05, 4.69) is 20.9 Å². The molecule has 22 nitrogen and oxygen atoms in total. The minimum Gasteiger partial charge on any atom is -0.508 e. The number of nitrogens with zero attached hydrogens (tertiary/aromatic N) is 3. The van der Waals surface area contributed by atoms with Crippen LogP contribution in [0.1, 0.15) is 167 Å². The number of esters is 4. The zero-order valence-electron chi connectivity index (χ0n) is 49.7. The summed E-state index contributed by atoms with van der Waals surface area (Å²) in [7, 11) is 3.29. The lowest BCUT2D eigenvalue weighted by molar-refractivity contribution is -0.194. The Labute approximate surface area is 482 Å². The summed E-state index contributed by atoms with van der Waals surface area (Å²) in [5.74, 6) is -5.28. The normalized spacial score (nSPS) is 17.0. The second-order valence-electron chi connectivity index (χ2n) is 21.9. The average molecular weight is 1160 g/mol. The molecule has 1 aliphatic heterocycles. The summed E-state index contributed by atoms with van der Waals surface area (Å²) in [6.45, 7) is 17.6. The molecule has 0 aliphatic carbocycles. The molecule has 0 radical (unpaired) electrons. The van der Waals surface area contributed by atoms with Crippen molar-refractivity contribution in [3.8, 4) is 5.75 Å². The Morgan fingerprint density at radius 3 is 2.20 bits per heavy atom. The summed E-state index contributed by atoms with van der Waals surface area (Å²) < 4.78 is 33.3. The van der Waals surface area contributed by atoms with Crippen molar-refractivity contribution in [3.05, 3.63) is 45.9 Å². The van der Waals surface area contributed by atoms with Crippen LogP contribution in [0.3, 0.4) is 0 Å². The van der Waals surface area contributed by atoms with Crippen LogP contribution in [-0.4, -0.2) is 162 Å². The van der Waals surface area contributed by atoms with E-state index in [9.17, 15) is 43.8 Å². The molecule has 456 valence electrons. The Balaban J connectivity index is 1.77. The predicted molar refractivity (Wildman–Crippen MR) is 302 cm³/mol. The number of piperidine rings is 1. The Bertz CT molecular complexity index is 2300. The van der Waals surface area contributed by atoms with E-state index in [-0.39, 0.29) is 111 Å². The molecular weight excluding hydrogens is 1070 g/mol. The number of carbonyl (C=O) groups is 8. The van der Waals surface area contributed by atoms with E-state index in [1.54, 1.807) is 26.0 Å². The third-order valence-corrected chi connectivity index (χ3v) is 15.1. The number of phenolic OH excluding ortho intramolecular Hbond substituents is 1. The molecule has 23 heteroatoms. The van der Waals surface area contributed by atoms with Crippen LogP contribution in [0.15, 0.2) is 29.6 Å². The molecule has 4 amide bonds. The molecule has 1 aromatic heterocycles. The zero-order valence-corrected chi connectivity index (χ0v) is 50.5. The average Bonchev–Trinajstić information content (AvgIpc) is 3.99. The number of amides is 4. The van der Waals surface area contributed by atoms with Gasteiger partial charge < -0.3 is 59.5 Å². The molecule has 2 heterocycles. The smallest absolute Gasteiger partial charge is 0.309 e. The molecule has 5 N–H and O–H groups in total. The van der Waals surface area contributed by atoms with E-state index in [1.165, 1.54) is 36.4 Å². The quantitative estimate of drug-likeness (QED) is 0.0291. The van der Waals surface area contributed by atoms with Gasteiger partial charge in [0.15, 0.2) is 19.1 Å². The van der Waals surface area contributed by atoms with Gasteiger partial charge in [-0.3, -0.25) is 43.3 Å². The number of rotatable bonds is 36. The zero-order chi connectivity index (χ0) is 60.3. The summed E-state index contributed by atoms with van der Waals surface area (Å²) >= 11 is 1.08. The van der Waals surface area contributed by atoms with Crippen molar-refractivity contribution in [3.63, 3.8) is 0 Å². The number of likely N-dealkylation sites (tertiary alicyclic amines) is 1. The molecule has 0 spiro atoms. The highest BCUT2D eigenvalue weighted by Crippen LogP contribution is 2.32. The Hall–Kier alpha value is -5.75. The highest BCUT2D eigenvalue weighted by molar-refractivity contribution is 7.09. The highest BCUT2D eigenvalue weighted by Gasteiger charge is 2.40. The lowest BCUT2D eigenvalue weighted by atomic mass is 9.92. The van der Waals surface area contributed by atoms with E-state index in [0.717, 1.165) is 36.3 Å². The fraction of sp³-hybridized carbons (Fsp3) is 0.707. The van der Waals surface area contributed by atoms with Crippen molar-refractivity contribution in [1.29, 1.82) is 0 Å². The second-order valence-corrected chi connectivity index (χ2v) is 22.8.